The van der Waals surface area contributed by atoms with Gasteiger partial charge in [0.05, 0.1) is 0 Å². The van der Waals surface area contributed by atoms with Gasteiger partial charge in [0.1, 0.15) is 0 Å². The molecule has 0 bridgehead atoms. The van der Waals surface area contributed by atoms with E-state index < -0.39 is 5.97 Å². The summed E-state index contributed by atoms with van der Waals surface area (Å²) in [5.74, 6) is -0.670. The average Bonchev–Trinajstić information content (AvgIpc) is 2.49. The predicted octanol–water partition coefficient (Wildman–Crippen LogP) is 1.34. The van der Waals surface area contributed by atoms with Crippen molar-refractivity contribution >= 4 is 5.97 Å². The van der Waals surface area contributed by atoms with E-state index in [4.69, 9.17) is 5.11 Å². The fourth-order valence-corrected chi connectivity index (χ4v) is 1.62. The van der Waals surface area contributed by atoms with Crippen LogP contribution in [0.15, 0.2) is 0 Å². The third kappa shape index (κ3) is 3.72. The summed E-state index contributed by atoms with van der Waals surface area (Å²) in [6, 6.07) is 0. The quantitative estimate of drug-likeness (QED) is 0.634. The molecule has 3 nitrogen and oxygen atoms in total. The second-order valence-corrected chi connectivity index (χ2v) is 3.40. The molecule has 3 heteroatoms. The first-order valence-corrected chi connectivity index (χ1v) is 4.73. The Bertz CT molecular complexity index is 141. The van der Waals surface area contributed by atoms with Crippen LogP contribution in [0.25, 0.3) is 0 Å². The van der Waals surface area contributed by atoms with Crippen molar-refractivity contribution in [2.75, 3.05) is 19.6 Å². The maximum absolute atomic E-state index is 10.2. The minimum Gasteiger partial charge on any atom is -0.481 e. The van der Waals surface area contributed by atoms with Crippen molar-refractivity contribution in [1.82, 2.24) is 4.90 Å². The van der Waals surface area contributed by atoms with Crippen molar-refractivity contribution in [3.8, 4) is 0 Å². The molecule has 1 rings (SSSR count). The Morgan fingerprint density at radius 1 is 1.25 bits per heavy atom. The molecule has 1 aliphatic heterocycles. The lowest BCUT2D eigenvalue weighted by molar-refractivity contribution is -0.137. The van der Waals surface area contributed by atoms with Gasteiger partial charge in [0, 0.05) is 6.42 Å². The van der Waals surface area contributed by atoms with E-state index in [1.165, 1.54) is 25.9 Å². The fraction of sp³-hybridized carbons (Fsp3) is 0.889. The molecule has 1 aliphatic rings. The van der Waals surface area contributed by atoms with E-state index in [1.54, 1.807) is 0 Å². The molecule has 70 valence electrons. The van der Waals surface area contributed by atoms with Crippen molar-refractivity contribution < 1.29 is 9.90 Å². The first kappa shape index (κ1) is 9.52. The smallest absolute Gasteiger partial charge is 0.303 e. The summed E-state index contributed by atoms with van der Waals surface area (Å²) in [5, 5.41) is 8.39. The minimum absolute atomic E-state index is 0.327. The summed E-state index contributed by atoms with van der Waals surface area (Å²) < 4.78 is 0. The highest BCUT2D eigenvalue weighted by Gasteiger charge is 2.10. The lowest BCUT2D eigenvalue weighted by atomic mass is 10.2. The molecule has 0 saturated carbocycles. The zero-order valence-electron chi connectivity index (χ0n) is 7.46. The Labute approximate surface area is 73.4 Å². The van der Waals surface area contributed by atoms with Crippen molar-refractivity contribution in [3.63, 3.8) is 0 Å². The summed E-state index contributed by atoms with van der Waals surface area (Å²) in [5.41, 5.74) is 0. The normalized spacial score (nSPS) is 18.3. The fourth-order valence-electron chi connectivity index (χ4n) is 1.62. The summed E-state index contributed by atoms with van der Waals surface area (Å²) in [4.78, 5) is 12.6. The number of carbonyl (C=O) groups is 1. The van der Waals surface area contributed by atoms with Crippen LogP contribution in [-0.2, 0) is 4.79 Å². The Balaban J connectivity index is 1.91. The molecule has 0 amide bonds. The molecular weight excluding hydrogens is 154 g/mol. The second kappa shape index (κ2) is 5.14. The summed E-state index contributed by atoms with van der Waals surface area (Å²) in [6.45, 7) is 3.52. The van der Waals surface area contributed by atoms with Crippen molar-refractivity contribution in [2.45, 2.75) is 32.1 Å². The highest BCUT2D eigenvalue weighted by atomic mass is 16.4. The molecule has 0 unspecified atom stereocenters. The molecule has 1 fully saturated rings. The first-order chi connectivity index (χ1) is 5.79. The van der Waals surface area contributed by atoms with E-state index in [-0.39, 0.29) is 0 Å². The number of hydrogen-bond donors (Lipinski definition) is 1. The van der Waals surface area contributed by atoms with Crippen LogP contribution >= 0.6 is 0 Å². The molecule has 1 saturated heterocycles. The minimum atomic E-state index is -0.670. The second-order valence-electron chi connectivity index (χ2n) is 3.40. The average molecular weight is 171 g/mol. The number of aliphatic carboxylic acids is 1. The van der Waals surface area contributed by atoms with E-state index in [1.807, 2.05) is 0 Å². The molecule has 0 aromatic heterocycles. The van der Waals surface area contributed by atoms with Crippen LogP contribution in [0.4, 0.5) is 0 Å². The van der Waals surface area contributed by atoms with Gasteiger partial charge in [-0.1, -0.05) is 0 Å². The van der Waals surface area contributed by atoms with Crippen LogP contribution in [0.2, 0.25) is 0 Å². The van der Waals surface area contributed by atoms with Gasteiger partial charge in [-0.2, -0.15) is 0 Å². The largest absolute Gasteiger partial charge is 0.481 e. The highest BCUT2D eigenvalue weighted by Crippen LogP contribution is 2.08. The van der Waals surface area contributed by atoms with Crippen molar-refractivity contribution in [3.05, 3.63) is 0 Å². The zero-order chi connectivity index (χ0) is 8.81. The van der Waals surface area contributed by atoms with Crippen LogP contribution in [0, 0.1) is 0 Å². The number of hydrogen-bond acceptors (Lipinski definition) is 2. The SMILES string of the molecule is O=C(O)CCCCN1CCCC1. The molecule has 0 aromatic carbocycles. The topological polar surface area (TPSA) is 40.5 Å². The molecule has 1 N–H and O–H groups in total. The van der Waals surface area contributed by atoms with Crippen molar-refractivity contribution in [2.24, 2.45) is 0 Å². The third-order valence-corrected chi connectivity index (χ3v) is 2.31. The molecule has 0 radical (unpaired) electrons. The third-order valence-electron chi connectivity index (χ3n) is 2.31. The van der Waals surface area contributed by atoms with Gasteiger partial charge in [0.25, 0.3) is 0 Å². The molecule has 12 heavy (non-hydrogen) atoms. The van der Waals surface area contributed by atoms with E-state index in [0.29, 0.717) is 6.42 Å². The van der Waals surface area contributed by atoms with Crippen LogP contribution in [0.5, 0.6) is 0 Å². The first-order valence-electron chi connectivity index (χ1n) is 4.73. The van der Waals surface area contributed by atoms with Crippen LogP contribution in [0.3, 0.4) is 0 Å². The molecule has 0 aliphatic carbocycles. The number of unbranched alkanes of at least 4 members (excludes halogenated alkanes) is 1. The van der Waals surface area contributed by atoms with Gasteiger partial charge in [-0.25, -0.2) is 0 Å². The molecular formula is C9H17NO2. The lowest BCUT2D eigenvalue weighted by Crippen LogP contribution is -2.20. The number of rotatable bonds is 5. The summed E-state index contributed by atoms with van der Waals surface area (Å²) in [6.07, 6.45) is 4.82. The summed E-state index contributed by atoms with van der Waals surface area (Å²) in [7, 11) is 0. The molecule has 0 spiro atoms. The van der Waals surface area contributed by atoms with Gasteiger partial charge in [-0.05, 0) is 45.3 Å². The van der Waals surface area contributed by atoms with Crippen molar-refractivity contribution in [1.29, 1.82) is 0 Å². The number of carboxylic acid groups (broad SMARTS) is 1. The van der Waals surface area contributed by atoms with Gasteiger partial charge < -0.3 is 10.0 Å². The summed E-state index contributed by atoms with van der Waals surface area (Å²) >= 11 is 0. The monoisotopic (exact) mass is 171 g/mol. The Morgan fingerprint density at radius 3 is 2.50 bits per heavy atom. The van der Waals surface area contributed by atoms with E-state index in [0.717, 1.165) is 19.4 Å². The van der Waals surface area contributed by atoms with Crippen LogP contribution < -0.4 is 0 Å². The highest BCUT2D eigenvalue weighted by molar-refractivity contribution is 5.66. The number of likely N-dealkylation sites (tertiary alicyclic amines) is 1. The van der Waals surface area contributed by atoms with E-state index >= 15 is 0 Å². The van der Waals surface area contributed by atoms with E-state index in [2.05, 4.69) is 4.90 Å². The van der Waals surface area contributed by atoms with Gasteiger partial charge in [0.15, 0.2) is 0 Å². The Kier molecular flexibility index (Phi) is 4.08. The van der Waals surface area contributed by atoms with Gasteiger partial charge in [-0.15, -0.1) is 0 Å². The van der Waals surface area contributed by atoms with Gasteiger partial charge in [0.2, 0.25) is 0 Å². The lowest BCUT2D eigenvalue weighted by Gasteiger charge is -2.13. The molecule has 1 heterocycles. The standard InChI is InChI=1S/C9H17NO2/c11-9(12)5-1-2-6-10-7-3-4-8-10/h1-8H2,(H,11,12). The number of carboxylic acids is 1. The van der Waals surface area contributed by atoms with Crippen LogP contribution in [0.1, 0.15) is 32.1 Å². The van der Waals surface area contributed by atoms with Crippen LogP contribution in [-0.4, -0.2) is 35.6 Å². The molecule has 0 aromatic rings. The van der Waals surface area contributed by atoms with Gasteiger partial charge in [-0.3, -0.25) is 4.79 Å². The molecule has 0 atom stereocenters. The predicted molar refractivity (Wildman–Crippen MR) is 47.2 cm³/mol. The number of nitrogens with zero attached hydrogens (tertiary/aromatic N) is 1. The van der Waals surface area contributed by atoms with Gasteiger partial charge >= 0.3 is 5.97 Å². The Morgan fingerprint density at radius 2 is 1.92 bits per heavy atom. The maximum Gasteiger partial charge on any atom is 0.303 e. The van der Waals surface area contributed by atoms with E-state index in [9.17, 15) is 4.79 Å². The Hall–Kier alpha value is -0.570. The zero-order valence-corrected chi connectivity index (χ0v) is 7.46. The maximum atomic E-state index is 10.2.